The molecule has 4 N–H and O–H groups in total. The first-order valence-electron chi connectivity index (χ1n) is 7.86. The molecule has 0 radical (unpaired) electrons. The number of hydrogen-bond donors (Lipinski definition) is 3. The number of nitrogens with one attached hydrogen (secondary N) is 2. The summed E-state index contributed by atoms with van der Waals surface area (Å²) in [6.45, 7) is 0.504. The summed E-state index contributed by atoms with van der Waals surface area (Å²) in [7, 11) is 0. The van der Waals surface area contributed by atoms with Gasteiger partial charge in [0.15, 0.2) is 0 Å². The SMILES string of the molecule is Nc1ccccc1NC(=O)c1ccc(NCc2cccc(F)c2)cc1. The van der Waals surface area contributed by atoms with Crippen LogP contribution < -0.4 is 16.4 Å². The second kappa shape index (κ2) is 7.49. The maximum absolute atomic E-state index is 13.2. The highest BCUT2D eigenvalue weighted by atomic mass is 19.1. The fourth-order valence-corrected chi connectivity index (χ4v) is 2.40. The molecule has 0 fully saturated rings. The fraction of sp³-hybridized carbons (Fsp3) is 0.0500. The molecule has 0 saturated heterocycles. The van der Waals surface area contributed by atoms with Crippen LogP contribution in [0.4, 0.5) is 21.5 Å². The molecule has 5 heteroatoms. The summed E-state index contributed by atoms with van der Waals surface area (Å²) in [6, 6.07) is 20.6. The third kappa shape index (κ3) is 4.35. The lowest BCUT2D eigenvalue weighted by Gasteiger charge is -2.10. The molecule has 126 valence electrons. The van der Waals surface area contributed by atoms with E-state index < -0.39 is 0 Å². The molecule has 0 atom stereocenters. The van der Waals surface area contributed by atoms with Gasteiger partial charge in [0.1, 0.15) is 5.82 Å². The van der Waals surface area contributed by atoms with Gasteiger partial charge >= 0.3 is 0 Å². The normalized spacial score (nSPS) is 10.3. The third-order valence-electron chi connectivity index (χ3n) is 3.74. The molecular weight excluding hydrogens is 317 g/mol. The minimum absolute atomic E-state index is 0.227. The molecule has 0 bridgehead atoms. The largest absolute Gasteiger partial charge is 0.397 e. The van der Waals surface area contributed by atoms with Gasteiger partial charge in [-0.1, -0.05) is 24.3 Å². The van der Waals surface area contributed by atoms with E-state index in [0.29, 0.717) is 23.5 Å². The van der Waals surface area contributed by atoms with Crippen molar-refractivity contribution in [3.05, 3.63) is 89.7 Å². The van der Waals surface area contributed by atoms with Gasteiger partial charge in [0, 0.05) is 17.8 Å². The Morgan fingerprint density at radius 2 is 1.72 bits per heavy atom. The monoisotopic (exact) mass is 335 g/mol. The zero-order chi connectivity index (χ0) is 17.6. The summed E-state index contributed by atoms with van der Waals surface area (Å²) in [5, 5.41) is 5.98. The van der Waals surface area contributed by atoms with Gasteiger partial charge in [-0.25, -0.2) is 4.39 Å². The number of para-hydroxylation sites is 2. The van der Waals surface area contributed by atoms with Crippen LogP contribution in [0.15, 0.2) is 72.8 Å². The van der Waals surface area contributed by atoms with Gasteiger partial charge in [-0.2, -0.15) is 0 Å². The number of amides is 1. The van der Waals surface area contributed by atoms with Crippen LogP contribution >= 0.6 is 0 Å². The van der Waals surface area contributed by atoms with E-state index in [4.69, 9.17) is 5.73 Å². The molecule has 4 nitrogen and oxygen atoms in total. The molecule has 0 spiro atoms. The maximum Gasteiger partial charge on any atom is 0.255 e. The van der Waals surface area contributed by atoms with Crippen LogP contribution in [0.2, 0.25) is 0 Å². The van der Waals surface area contributed by atoms with Crippen LogP contribution in [0.3, 0.4) is 0 Å². The van der Waals surface area contributed by atoms with E-state index in [-0.39, 0.29) is 11.7 Å². The lowest BCUT2D eigenvalue weighted by molar-refractivity contribution is 0.102. The van der Waals surface area contributed by atoms with Crippen LogP contribution in [0.25, 0.3) is 0 Å². The molecule has 0 aliphatic heterocycles. The Morgan fingerprint density at radius 1 is 0.960 bits per heavy atom. The number of benzene rings is 3. The highest BCUT2D eigenvalue weighted by Crippen LogP contribution is 2.18. The van der Waals surface area contributed by atoms with Gasteiger partial charge in [-0.15, -0.1) is 0 Å². The summed E-state index contributed by atoms with van der Waals surface area (Å²) in [5.74, 6) is -0.485. The highest BCUT2D eigenvalue weighted by molar-refractivity contribution is 6.05. The van der Waals surface area contributed by atoms with Crippen LogP contribution in [0, 0.1) is 5.82 Å². The molecule has 0 unspecified atom stereocenters. The number of halogens is 1. The predicted molar refractivity (Wildman–Crippen MR) is 99.0 cm³/mol. The Morgan fingerprint density at radius 3 is 2.44 bits per heavy atom. The van der Waals surface area contributed by atoms with Crippen molar-refractivity contribution in [1.29, 1.82) is 0 Å². The van der Waals surface area contributed by atoms with E-state index >= 15 is 0 Å². The second-order valence-electron chi connectivity index (χ2n) is 5.60. The molecule has 0 aliphatic rings. The van der Waals surface area contributed by atoms with Gasteiger partial charge in [0.2, 0.25) is 0 Å². The Kier molecular flexibility index (Phi) is 4.95. The number of hydrogen-bond acceptors (Lipinski definition) is 3. The highest BCUT2D eigenvalue weighted by Gasteiger charge is 2.07. The number of nitrogen functional groups attached to an aromatic ring is 1. The lowest BCUT2D eigenvalue weighted by atomic mass is 10.1. The third-order valence-corrected chi connectivity index (χ3v) is 3.74. The van der Waals surface area contributed by atoms with E-state index in [1.807, 2.05) is 30.3 Å². The Bertz CT molecular complexity index is 878. The number of rotatable bonds is 5. The van der Waals surface area contributed by atoms with Crippen LogP contribution in [0.5, 0.6) is 0 Å². The van der Waals surface area contributed by atoms with Crippen molar-refractivity contribution in [2.45, 2.75) is 6.54 Å². The van der Waals surface area contributed by atoms with Crippen molar-refractivity contribution in [2.75, 3.05) is 16.4 Å². The summed E-state index contributed by atoms with van der Waals surface area (Å²) in [6.07, 6.45) is 0. The van der Waals surface area contributed by atoms with Gasteiger partial charge in [-0.05, 0) is 54.1 Å². The van der Waals surface area contributed by atoms with Gasteiger partial charge in [-0.3, -0.25) is 4.79 Å². The van der Waals surface area contributed by atoms with Gasteiger partial charge < -0.3 is 16.4 Å². The molecule has 1 amide bonds. The Hall–Kier alpha value is -3.34. The number of carbonyl (C=O) groups excluding carboxylic acids is 1. The van der Waals surface area contributed by atoms with Crippen LogP contribution in [-0.4, -0.2) is 5.91 Å². The summed E-state index contributed by atoms with van der Waals surface area (Å²) in [4.78, 5) is 12.3. The molecule has 3 aromatic rings. The Labute approximate surface area is 145 Å². The van der Waals surface area contributed by atoms with Gasteiger partial charge in [0.05, 0.1) is 11.4 Å². The van der Waals surface area contributed by atoms with Crippen molar-refractivity contribution in [3.63, 3.8) is 0 Å². The quantitative estimate of drug-likeness (QED) is 0.610. The van der Waals surface area contributed by atoms with Crippen molar-refractivity contribution >= 4 is 23.0 Å². The molecule has 0 saturated carbocycles. The van der Waals surface area contributed by atoms with E-state index in [2.05, 4.69) is 10.6 Å². The molecule has 25 heavy (non-hydrogen) atoms. The molecular formula is C20H18FN3O. The van der Waals surface area contributed by atoms with Crippen molar-refractivity contribution in [1.82, 2.24) is 0 Å². The summed E-state index contributed by atoms with van der Waals surface area (Å²) in [5.41, 5.74) is 9.15. The van der Waals surface area contributed by atoms with E-state index in [0.717, 1.165) is 11.3 Å². The smallest absolute Gasteiger partial charge is 0.255 e. The summed E-state index contributed by atoms with van der Waals surface area (Å²) >= 11 is 0. The zero-order valence-electron chi connectivity index (χ0n) is 13.5. The average molecular weight is 335 g/mol. The molecule has 3 rings (SSSR count). The van der Waals surface area contributed by atoms with E-state index in [9.17, 15) is 9.18 Å². The van der Waals surface area contributed by atoms with E-state index in [1.165, 1.54) is 12.1 Å². The lowest BCUT2D eigenvalue weighted by Crippen LogP contribution is -2.13. The number of nitrogens with two attached hydrogens (primary N) is 1. The first-order valence-corrected chi connectivity index (χ1v) is 7.86. The molecule has 0 heterocycles. The maximum atomic E-state index is 13.2. The molecule has 0 aromatic heterocycles. The first kappa shape index (κ1) is 16.5. The molecule has 3 aromatic carbocycles. The van der Waals surface area contributed by atoms with Crippen molar-refractivity contribution in [3.8, 4) is 0 Å². The number of anilines is 3. The van der Waals surface area contributed by atoms with Gasteiger partial charge in [0.25, 0.3) is 5.91 Å². The van der Waals surface area contributed by atoms with E-state index in [1.54, 1.807) is 30.3 Å². The Balaban J connectivity index is 1.61. The molecule has 0 aliphatic carbocycles. The van der Waals surface area contributed by atoms with Crippen molar-refractivity contribution < 1.29 is 9.18 Å². The second-order valence-corrected chi connectivity index (χ2v) is 5.60. The predicted octanol–water partition coefficient (Wildman–Crippen LogP) is 4.27. The average Bonchev–Trinajstić information content (AvgIpc) is 2.62. The minimum Gasteiger partial charge on any atom is -0.397 e. The van der Waals surface area contributed by atoms with Crippen LogP contribution in [0.1, 0.15) is 15.9 Å². The topological polar surface area (TPSA) is 67.1 Å². The summed E-state index contributed by atoms with van der Waals surface area (Å²) < 4.78 is 13.2. The van der Waals surface area contributed by atoms with Crippen LogP contribution in [-0.2, 0) is 6.54 Å². The first-order chi connectivity index (χ1) is 12.1. The minimum atomic E-state index is -0.258. The van der Waals surface area contributed by atoms with Crippen molar-refractivity contribution in [2.24, 2.45) is 0 Å². The standard InChI is InChI=1S/C20H18FN3O/c21-16-5-3-4-14(12-16)13-23-17-10-8-15(9-11-17)20(25)24-19-7-2-1-6-18(19)22/h1-12,23H,13,22H2,(H,24,25). The number of carbonyl (C=O) groups is 1. The fourth-order valence-electron chi connectivity index (χ4n) is 2.40. The zero-order valence-corrected chi connectivity index (χ0v) is 13.5.